The van der Waals surface area contributed by atoms with Crippen molar-refractivity contribution in [3.05, 3.63) is 0 Å². The molecular formula is C9H15N3O3. The fourth-order valence-electron chi connectivity index (χ4n) is 0.962. The summed E-state index contributed by atoms with van der Waals surface area (Å²) in [5.74, 6) is -0.797. The van der Waals surface area contributed by atoms with Crippen LogP contribution in [0.25, 0.3) is 0 Å². The summed E-state index contributed by atoms with van der Waals surface area (Å²) in [6.45, 7) is 0.488. The molecule has 0 aromatic carbocycles. The first kappa shape index (κ1) is 13.2. The average molecular weight is 213 g/mol. The monoisotopic (exact) mass is 213 g/mol. The summed E-state index contributed by atoms with van der Waals surface area (Å²) in [4.78, 5) is 21.0. The van der Waals surface area contributed by atoms with Gasteiger partial charge in [-0.15, -0.1) is 0 Å². The summed E-state index contributed by atoms with van der Waals surface area (Å²) < 4.78 is 0. The molecule has 84 valence electrons. The number of nitriles is 1. The average Bonchev–Trinajstić information content (AvgIpc) is 2.19. The van der Waals surface area contributed by atoms with Crippen molar-refractivity contribution in [3.8, 4) is 6.07 Å². The third-order valence-electron chi connectivity index (χ3n) is 1.68. The number of carboxylic acids is 1. The zero-order valence-electron chi connectivity index (χ0n) is 8.45. The number of carboxylic acid groups (broad SMARTS) is 1. The van der Waals surface area contributed by atoms with Crippen molar-refractivity contribution < 1.29 is 14.7 Å². The first-order valence-electron chi connectivity index (χ1n) is 4.77. The zero-order chi connectivity index (χ0) is 11.5. The van der Waals surface area contributed by atoms with Crippen LogP contribution in [0.15, 0.2) is 0 Å². The number of carbonyl (C=O) groups is 2. The second-order valence-corrected chi connectivity index (χ2v) is 2.97. The molecule has 0 aliphatic carbocycles. The topological polar surface area (TPSA) is 102 Å². The normalized spacial score (nSPS) is 9.00. The molecule has 0 heterocycles. The third-order valence-corrected chi connectivity index (χ3v) is 1.68. The number of unbranched alkanes of at least 4 members (excludes halogenated alkanes) is 2. The minimum atomic E-state index is -0.797. The second kappa shape index (κ2) is 8.81. The van der Waals surface area contributed by atoms with Crippen molar-refractivity contribution in [2.75, 3.05) is 13.1 Å². The lowest BCUT2D eigenvalue weighted by Gasteiger charge is -2.04. The van der Waals surface area contributed by atoms with Crippen LogP contribution in [0.1, 0.15) is 25.7 Å². The summed E-state index contributed by atoms with van der Waals surface area (Å²) >= 11 is 0. The Morgan fingerprint density at radius 3 is 2.53 bits per heavy atom. The number of nitrogens with one attached hydrogen (secondary N) is 2. The maximum Gasteiger partial charge on any atom is 0.315 e. The van der Waals surface area contributed by atoms with Crippen molar-refractivity contribution in [3.63, 3.8) is 0 Å². The molecular weight excluding hydrogens is 198 g/mol. The van der Waals surface area contributed by atoms with E-state index >= 15 is 0 Å². The number of nitrogens with zero attached hydrogens (tertiary/aromatic N) is 1. The number of aliphatic carboxylic acids is 1. The molecule has 0 atom stereocenters. The highest BCUT2D eigenvalue weighted by Crippen LogP contribution is 1.98. The van der Waals surface area contributed by atoms with Crippen LogP contribution < -0.4 is 10.6 Å². The van der Waals surface area contributed by atoms with Crippen LogP contribution in [0.5, 0.6) is 0 Å². The summed E-state index contributed by atoms with van der Waals surface area (Å²) in [6.07, 6.45) is 2.30. The number of carbonyl (C=O) groups excluding carboxylic acids is 1. The molecule has 0 aliphatic heterocycles. The molecule has 0 saturated heterocycles. The van der Waals surface area contributed by atoms with Gasteiger partial charge in [0.2, 0.25) is 0 Å². The van der Waals surface area contributed by atoms with Gasteiger partial charge in [0.25, 0.3) is 0 Å². The first-order chi connectivity index (χ1) is 7.16. The Balaban J connectivity index is 3.20. The SMILES string of the molecule is N#CCNC(=O)NCCCCCC(=O)O. The van der Waals surface area contributed by atoms with Crippen LogP contribution in [0.4, 0.5) is 4.79 Å². The Morgan fingerprint density at radius 2 is 1.93 bits per heavy atom. The summed E-state index contributed by atoms with van der Waals surface area (Å²) in [5, 5.41) is 21.4. The molecule has 0 saturated carbocycles. The van der Waals surface area contributed by atoms with Gasteiger partial charge in [-0.1, -0.05) is 6.42 Å². The molecule has 3 N–H and O–H groups in total. The number of rotatable bonds is 7. The van der Waals surface area contributed by atoms with Crippen LogP contribution in [0.2, 0.25) is 0 Å². The molecule has 6 heteroatoms. The van der Waals surface area contributed by atoms with E-state index in [9.17, 15) is 9.59 Å². The molecule has 0 unspecified atom stereocenters. The van der Waals surface area contributed by atoms with Gasteiger partial charge in [0.1, 0.15) is 6.54 Å². The van der Waals surface area contributed by atoms with E-state index in [2.05, 4.69) is 10.6 Å². The van der Waals surface area contributed by atoms with Gasteiger partial charge in [0.05, 0.1) is 6.07 Å². The highest BCUT2D eigenvalue weighted by molar-refractivity contribution is 5.73. The summed E-state index contributed by atoms with van der Waals surface area (Å²) in [6, 6.07) is 1.42. The van der Waals surface area contributed by atoms with Gasteiger partial charge in [-0.25, -0.2) is 4.79 Å². The van der Waals surface area contributed by atoms with Gasteiger partial charge >= 0.3 is 12.0 Å². The maximum absolute atomic E-state index is 10.9. The Kier molecular flexibility index (Phi) is 7.77. The largest absolute Gasteiger partial charge is 0.481 e. The Labute approximate surface area is 88.3 Å². The van der Waals surface area contributed by atoms with Crippen LogP contribution in [0.3, 0.4) is 0 Å². The Morgan fingerprint density at radius 1 is 1.20 bits per heavy atom. The molecule has 0 aromatic heterocycles. The molecule has 2 amide bonds. The van der Waals surface area contributed by atoms with Gasteiger partial charge in [0.15, 0.2) is 0 Å². The fourth-order valence-corrected chi connectivity index (χ4v) is 0.962. The van der Waals surface area contributed by atoms with E-state index in [1.54, 1.807) is 6.07 Å². The lowest BCUT2D eigenvalue weighted by Crippen LogP contribution is -2.36. The molecule has 0 radical (unpaired) electrons. The summed E-state index contributed by atoms with van der Waals surface area (Å²) in [7, 11) is 0. The van der Waals surface area contributed by atoms with E-state index in [0.29, 0.717) is 13.0 Å². The summed E-state index contributed by atoms with van der Waals surface area (Å²) in [5.41, 5.74) is 0. The van der Waals surface area contributed by atoms with Crippen molar-refractivity contribution in [1.82, 2.24) is 10.6 Å². The van der Waals surface area contributed by atoms with Gasteiger partial charge in [-0.2, -0.15) is 5.26 Å². The van der Waals surface area contributed by atoms with Crippen molar-refractivity contribution in [1.29, 1.82) is 5.26 Å². The zero-order valence-corrected chi connectivity index (χ0v) is 8.45. The molecule has 6 nitrogen and oxygen atoms in total. The predicted molar refractivity (Wildman–Crippen MR) is 53.1 cm³/mol. The number of amides is 2. The van der Waals surface area contributed by atoms with E-state index in [4.69, 9.17) is 10.4 Å². The molecule has 0 fully saturated rings. The van der Waals surface area contributed by atoms with Gasteiger partial charge in [-0.3, -0.25) is 4.79 Å². The van der Waals surface area contributed by atoms with E-state index in [1.807, 2.05) is 0 Å². The van der Waals surface area contributed by atoms with E-state index < -0.39 is 5.97 Å². The highest BCUT2D eigenvalue weighted by atomic mass is 16.4. The molecule has 15 heavy (non-hydrogen) atoms. The van der Waals surface area contributed by atoms with Crippen molar-refractivity contribution in [2.24, 2.45) is 0 Å². The number of hydrogen-bond acceptors (Lipinski definition) is 3. The minimum absolute atomic E-state index is 0.00908. The fraction of sp³-hybridized carbons (Fsp3) is 0.667. The quantitative estimate of drug-likeness (QED) is 0.422. The minimum Gasteiger partial charge on any atom is -0.481 e. The van der Waals surface area contributed by atoms with Gasteiger partial charge < -0.3 is 15.7 Å². The standard InChI is InChI=1S/C9H15N3O3/c10-5-7-12-9(15)11-6-3-1-2-4-8(13)14/h1-4,6-7H2,(H,13,14)(H2,11,12,15). The Bertz CT molecular complexity index is 247. The van der Waals surface area contributed by atoms with E-state index in [1.165, 1.54) is 0 Å². The smallest absolute Gasteiger partial charge is 0.315 e. The van der Waals surface area contributed by atoms with Crippen LogP contribution >= 0.6 is 0 Å². The lowest BCUT2D eigenvalue weighted by molar-refractivity contribution is -0.137. The molecule has 0 spiro atoms. The first-order valence-corrected chi connectivity index (χ1v) is 4.77. The third kappa shape index (κ3) is 10.1. The predicted octanol–water partition coefficient (Wildman–Crippen LogP) is 0.454. The van der Waals surface area contributed by atoms with Crippen LogP contribution in [-0.4, -0.2) is 30.2 Å². The molecule has 0 bridgehead atoms. The second-order valence-electron chi connectivity index (χ2n) is 2.97. The van der Waals surface area contributed by atoms with Crippen molar-refractivity contribution in [2.45, 2.75) is 25.7 Å². The molecule has 0 aliphatic rings. The molecule has 0 rings (SSSR count). The van der Waals surface area contributed by atoms with Crippen LogP contribution in [-0.2, 0) is 4.79 Å². The van der Waals surface area contributed by atoms with Gasteiger partial charge in [0, 0.05) is 13.0 Å². The van der Waals surface area contributed by atoms with Gasteiger partial charge in [-0.05, 0) is 12.8 Å². The van der Waals surface area contributed by atoms with E-state index in [-0.39, 0.29) is 19.0 Å². The number of urea groups is 1. The maximum atomic E-state index is 10.9. The van der Waals surface area contributed by atoms with E-state index in [0.717, 1.165) is 12.8 Å². The number of hydrogen-bond donors (Lipinski definition) is 3. The van der Waals surface area contributed by atoms with Crippen LogP contribution in [0, 0.1) is 11.3 Å². The Hall–Kier alpha value is -1.77. The molecule has 0 aromatic rings. The highest BCUT2D eigenvalue weighted by Gasteiger charge is 1.98. The lowest BCUT2D eigenvalue weighted by atomic mass is 10.2. The van der Waals surface area contributed by atoms with Crippen molar-refractivity contribution >= 4 is 12.0 Å².